The highest BCUT2D eigenvalue weighted by Gasteiger charge is 1.91. The van der Waals surface area contributed by atoms with Crippen molar-refractivity contribution >= 4 is 41.5 Å². The highest BCUT2D eigenvalue weighted by Crippen LogP contribution is 2.23. The van der Waals surface area contributed by atoms with Crippen molar-refractivity contribution < 1.29 is 0 Å². The van der Waals surface area contributed by atoms with Crippen molar-refractivity contribution in [2.75, 3.05) is 12.3 Å². The summed E-state index contributed by atoms with van der Waals surface area (Å²) in [5.41, 5.74) is 0. The number of halogens is 2. The molecule has 0 aliphatic rings. The lowest BCUT2D eigenvalue weighted by molar-refractivity contribution is 1.08. The van der Waals surface area contributed by atoms with E-state index in [1.54, 1.807) is 0 Å². The summed E-state index contributed by atoms with van der Waals surface area (Å²) in [6.45, 7) is 0. The zero-order valence-corrected chi connectivity index (χ0v) is 8.07. The maximum atomic E-state index is 5.32. The molecule has 2 atom stereocenters. The highest BCUT2D eigenvalue weighted by atomic mass is 35.5. The third kappa shape index (κ3) is 7.40. The molecule has 5 heteroatoms. The van der Waals surface area contributed by atoms with Gasteiger partial charge in [0.05, 0.1) is 0 Å². The van der Waals surface area contributed by atoms with Crippen LogP contribution in [0.1, 0.15) is 6.42 Å². The van der Waals surface area contributed by atoms with Crippen LogP contribution in [0.2, 0.25) is 0 Å². The molecule has 1 nitrogen and oxygen atoms in total. The van der Waals surface area contributed by atoms with Gasteiger partial charge in [0.15, 0.2) is 0 Å². The van der Waals surface area contributed by atoms with Gasteiger partial charge in [0.1, 0.15) is 0 Å². The van der Waals surface area contributed by atoms with Crippen molar-refractivity contribution in [2.45, 2.75) is 6.42 Å². The van der Waals surface area contributed by atoms with Crippen molar-refractivity contribution in [3.05, 3.63) is 0 Å². The smallest absolute Gasteiger partial charge is 0.00114 e. The maximum Gasteiger partial charge on any atom is -0.00114 e. The summed E-state index contributed by atoms with van der Waals surface area (Å²) in [5.74, 6) is 0. The van der Waals surface area contributed by atoms with Gasteiger partial charge in [-0.15, -0.1) is 12.9 Å². The van der Waals surface area contributed by atoms with E-state index in [9.17, 15) is 0 Å². The first-order chi connectivity index (χ1) is 3.77. The fourth-order valence-electron chi connectivity index (χ4n) is 0.266. The Morgan fingerprint density at radius 1 is 1.50 bits per heavy atom. The first kappa shape index (κ1) is 9.40. The molecule has 0 bridgehead atoms. The summed E-state index contributed by atoms with van der Waals surface area (Å²) in [7, 11) is 3.21. The van der Waals surface area contributed by atoms with E-state index in [0.29, 0.717) is 8.73 Å². The van der Waals surface area contributed by atoms with Crippen LogP contribution in [0.4, 0.5) is 0 Å². The largest absolute Gasteiger partial charge is 0.138 e. The van der Waals surface area contributed by atoms with Crippen LogP contribution >= 0.6 is 41.5 Å². The van der Waals surface area contributed by atoms with E-state index >= 15 is 0 Å². The standard InChI is InChI=1S/C3H9Cl2NP2/c4-6(5)8-3-1-2-7/h8H,1-3,7H2. The van der Waals surface area contributed by atoms with Crippen molar-refractivity contribution in [2.24, 2.45) is 0 Å². The third-order valence-corrected chi connectivity index (χ3v) is 2.55. The fourth-order valence-corrected chi connectivity index (χ4v) is 1.92. The molecule has 50 valence electrons. The van der Waals surface area contributed by atoms with Crippen molar-refractivity contribution in [3.63, 3.8) is 0 Å². The minimum Gasteiger partial charge on any atom is -0.138 e. The molecule has 0 aromatic carbocycles. The Labute approximate surface area is 64.4 Å². The lowest BCUT2D eigenvalue weighted by Crippen LogP contribution is -1.83. The van der Waals surface area contributed by atoms with Gasteiger partial charge in [0.25, 0.3) is 0 Å². The van der Waals surface area contributed by atoms with Crippen LogP contribution in [0.3, 0.4) is 0 Å². The second kappa shape index (κ2) is 6.52. The molecule has 0 aliphatic heterocycles. The first-order valence-electron chi connectivity index (χ1n) is 2.32. The number of rotatable bonds is 4. The van der Waals surface area contributed by atoms with Gasteiger partial charge in [-0.1, -0.05) is 0 Å². The quantitative estimate of drug-likeness (QED) is 0.375. The van der Waals surface area contributed by atoms with Gasteiger partial charge in [-0.3, -0.25) is 0 Å². The maximum absolute atomic E-state index is 5.32. The number of hydrogen-bond acceptors (Lipinski definition) is 1. The van der Waals surface area contributed by atoms with Gasteiger partial charge in [0, 0.05) is 0 Å². The molecule has 0 amide bonds. The lowest BCUT2D eigenvalue weighted by atomic mass is 10.6. The Balaban J connectivity index is 2.72. The summed E-state index contributed by atoms with van der Waals surface area (Å²) in [6.07, 6.45) is 3.41. The van der Waals surface area contributed by atoms with E-state index in [2.05, 4.69) is 9.24 Å². The van der Waals surface area contributed by atoms with Gasteiger partial charge in [-0.25, -0.2) is 0 Å². The zero-order chi connectivity index (χ0) is 6.41. The first-order valence-corrected chi connectivity index (χ1v) is 4.97. The van der Waals surface area contributed by atoms with Crippen LogP contribution in [-0.2, 0) is 0 Å². The third-order valence-electron chi connectivity index (χ3n) is 0.612. The molecule has 0 N–H and O–H groups in total. The summed E-state index contributed by atoms with van der Waals surface area (Å²) in [4.78, 5) is 0. The molecule has 0 heterocycles. The second-order valence-electron chi connectivity index (χ2n) is 1.28. The van der Waals surface area contributed by atoms with Crippen molar-refractivity contribution in [1.82, 2.24) is 3.71 Å². The van der Waals surface area contributed by atoms with E-state index in [0.717, 1.165) is 12.3 Å². The van der Waals surface area contributed by atoms with Crippen LogP contribution in [0.15, 0.2) is 0 Å². The minimum absolute atomic E-state index is 0.546. The van der Waals surface area contributed by atoms with Gasteiger partial charge < -0.3 is 0 Å². The minimum atomic E-state index is 0.546. The molecular formula is C3H9Cl2NP2. The van der Waals surface area contributed by atoms with E-state index < -0.39 is 0 Å². The Morgan fingerprint density at radius 2 is 2.12 bits per heavy atom. The predicted molar refractivity (Wildman–Crippen MR) is 45.9 cm³/mol. The van der Waals surface area contributed by atoms with Gasteiger partial charge >= 0.3 is 0 Å². The van der Waals surface area contributed by atoms with E-state index in [-0.39, 0.29) is 0 Å². The molecule has 0 rings (SSSR count). The van der Waals surface area contributed by atoms with Crippen molar-refractivity contribution in [3.8, 4) is 0 Å². The van der Waals surface area contributed by atoms with Gasteiger partial charge in [-0.2, -0.15) is 0 Å². The average molecular weight is 192 g/mol. The van der Waals surface area contributed by atoms with Crippen LogP contribution in [-0.4, -0.2) is 16.0 Å². The zero-order valence-electron chi connectivity index (χ0n) is 4.40. The average Bonchev–Trinajstić information content (AvgIpc) is 1.66. The predicted octanol–water partition coefficient (Wildman–Crippen LogP) is 2.45. The normalized spacial score (nSPS) is 12.0. The molecule has 0 radical (unpaired) electrons. The summed E-state index contributed by atoms with van der Waals surface area (Å²) in [6, 6.07) is 0. The number of hydrogen-bond donors (Lipinski definition) is 0. The summed E-state index contributed by atoms with van der Waals surface area (Å²) >= 11 is 10.6. The summed E-state index contributed by atoms with van der Waals surface area (Å²) in [5, 5.41) is 0. The van der Waals surface area contributed by atoms with Crippen LogP contribution < -0.4 is 0 Å². The lowest BCUT2D eigenvalue weighted by Gasteiger charge is -2.00. The van der Waals surface area contributed by atoms with Crippen LogP contribution in [0, 0.1) is 0 Å². The Bertz CT molecular complexity index is 52.5. The Kier molecular flexibility index (Phi) is 7.66. The van der Waals surface area contributed by atoms with Crippen LogP contribution in [0.5, 0.6) is 0 Å². The molecular weight excluding hydrogens is 183 g/mol. The monoisotopic (exact) mass is 191 g/mol. The van der Waals surface area contributed by atoms with E-state index in [1.165, 1.54) is 10.1 Å². The molecule has 2 unspecified atom stereocenters. The van der Waals surface area contributed by atoms with Crippen molar-refractivity contribution in [1.29, 1.82) is 0 Å². The molecule has 0 saturated heterocycles. The second-order valence-corrected chi connectivity index (χ2v) is 4.54. The van der Waals surface area contributed by atoms with Gasteiger partial charge in [0.2, 0.25) is 0 Å². The summed E-state index contributed by atoms with van der Waals surface area (Å²) < 4.78 is 1.19. The highest BCUT2D eigenvalue weighted by molar-refractivity contribution is 7.38. The molecule has 0 spiro atoms. The Hall–Kier alpha value is 1.40. The topological polar surface area (TPSA) is 3.24 Å². The SMILES string of the molecule is PCCCPN(Cl)Cl. The van der Waals surface area contributed by atoms with E-state index in [1.807, 2.05) is 0 Å². The number of nitrogens with zero attached hydrogens (tertiary/aromatic N) is 1. The fraction of sp³-hybridized carbons (Fsp3) is 1.00. The van der Waals surface area contributed by atoms with E-state index in [4.69, 9.17) is 23.6 Å². The molecule has 0 aliphatic carbocycles. The molecule has 0 fully saturated rings. The van der Waals surface area contributed by atoms with Crippen LogP contribution in [0.25, 0.3) is 0 Å². The molecule has 0 aromatic heterocycles. The van der Waals surface area contributed by atoms with Gasteiger partial charge in [-0.05, 0) is 51.0 Å². The Morgan fingerprint density at radius 3 is 2.50 bits per heavy atom. The molecule has 0 saturated carbocycles. The molecule has 0 aromatic rings. The molecule has 8 heavy (non-hydrogen) atoms.